The zero-order valence-corrected chi connectivity index (χ0v) is 14.2. The fourth-order valence-electron chi connectivity index (χ4n) is 1.83. The molecule has 2 rings (SSSR count). The van der Waals surface area contributed by atoms with Gasteiger partial charge in [-0.3, -0.25) is 4.79 Å². The Morgan fingerprint density at radius 1 is 1.17 bits per heavy atom. The maximum atomic E-state index is 11.7. The molecule has 5 nitrogen and oxygen atoms in total. The number of amides is 1. The van der Waals surface area contributed by atoms with Crippen molar-refractivity contribution in [1.82, 2.24) is 5.43 Å². The first kappa shape index (κ1) is 18.0. The van der Waals surface area contributed by atoms with E-state index in [0.717, 1.165) is 4.90 Å². The summed E-state index contributed by atoms with van der Waals surface area (Å²) in [6.07, 6.45) is 1.62. The predicted molar refractivity (Wildman–Crippen MR) is 95.9 cm³/mol. The molecule has 0 aliphatic carbocycles. The van der Waals surface area contributed by atoms with Crippen LogP contribution in [0.5, 0.6) is 0 Å². The summed E-state index contributed by atoms with van der Waals surface area (Å²) in [5.74, 6) is -0.669. The number of hydrazone groups is 1. The van der Waals surface area contributed by atoms with Crippen LogP contribution in [0.3, 0.4) is 0 Å². The van der Waals surface area contributed by atoms with Crippen LogP contribution in [-0.4, -0.2) is 29.0 Å². The van der Waals surface area contributed by atoms with E-state index in [1.807, 2.05) is 12.1 Å². The number of carboxylic acid groups (broad SMARTS) is 1. The van der Waals surface area contributed by atoms with Crippen LogP contribution in [0.1, 0.15) is 22.3 Å². The van der Waals surface area contributed by atoms with Crippen molar-refractivity contribution < 1.29 is 14.7 Å². The van der Waals surface area contributed by atoms with Crippen molar-refractivity contribution in [2.75, 3.05) is 5.75 Å². The van der Waals surface area contributed by atoms with E-state index in [-0.39, 0.29) is 11.5 Å². The van der Waals surface area contributed by atoms with Gasteiger partial charge >= 0.3 is 5.97 Å². The van der Waals surface area contributed by atoms with Crippen LogP contribution in [0, 0.1) is 0 Å². The maximum Gasteiger partial charge on any atom is 0.336 e. The van der Waals surface area contributed by atoms with Crippen LogP contribution >= 0.6 is 23.4 Å². The second-order valence-electron chi connectivity index (χ2n) is 4.74. The maximum absolute atomic E-state index is 11.7. The molecule has 0 aliphatic rings. The molecule has 2 aromatic rings. The molecule has 0 radical (unpaired) electrons. The number of halogens is 1. The Labute approximate surface area is 148 Å². The highest BCUT2D eigenvalue weighted by molar-refractivity contribution is 7.99. The lowest BCUT2D eigenvalue weighted by molar-refractivity contribution is -0.120. The van der Waals surface area contributed by atoms with E-state index in [1.165, 1.54) is 12.3 Å². The summed E-state index contributed by atoms with van der Waals surface area (Å²) in [6, 6.07) is 13.8. The molecule has 2 N–H and O–H groups in total. The Kier molecular flexibility index (Phi) is 6.84. The minimum Gasteiger partial charge on any atom is -0.478 e. The smallest absolute Gasteiger partial charge is 0.336 e. The molecular weight excluding hydrogens is 348 g/mol. The first-order valence-corrected chi connectivity index (χ1v) is 8.45. The van der Waals surface area contributed by atoms with Crippen LogP contribution in [0.15, 0.2) is 58.5 Å². The van der Waals surface area contributed by atoms with Gasteiger partial charge in [0.25, 0.3) is 0 Å². The average Bonchev–Trinajstić information content (AvgIpc) is 2.57. The number of thioether (sulfide) groups is 1. The molecule has 2 aromatic carbocycles. The first-order valence-electron chi connectivity index (χ1n) is 7.09. The highest BCUT2D eigenvalue weighted by atomic mass is 35.5. The normalized spacial score (nSPS) is 10.7. The quantitative estimate of drug-likeness (QED) is 0.447. The number of hydrogen-bond acceptors (Lipinski definition) is 4. The van der Waals surface area contributed by atoms with Gasteiger partial charge < -0.3 is 5.11 Å². The van der Waals surface area contributed by atoms with Crippen molar-refractivity contribution in [3.05, 3.63) is 64.7 Å². The lowest BCUT2D eigenvalue weighted by Crippen LogP contribution is -2.18. The molecule has 0 fully saturated rings. The van der Waals surface area contributed by atoms with E-state index in [4.69, 9.17) is 16.7 Å². The molecule has 0 saturated heterocycles. The largest absolute Gasteiger partial charge is 0.478 e. The average molecular weight is 363 g/mol. The Bertz CT molecular complexity index is 748. The molecule has 24 heavy (non-hydrogen) atoms. The summed E-state index contributed by atoms with van der Waals surface area (Å²) >= 11 is 7.35. The fourth-order valence-corrected chi connectivity index (χ4v) is 2.80. The summed E-state index contributed by atoms with van der Waals surface area (Å²) in [5.41, 5.74) is 2.96. The molecule has 124 valence electrons. The van der Waals surface area contributed by atoms with Crippen molar-refractivity contribution in [2.24, 2.45) is 5.10 Å². The van der Waals surface area contributed by atoms with Gasteiger partial charge in [0.1, 0.15) is 0 Å². The molecule has 7 heteroatoms. The molecule has 0 unspecified atom stereocenters. The van der Waals surface area contributed by atoms with Gasteiger partial charge in [-0.05, 0) is 30.3 Å². The molecule has 0 heterocycles. The number of carbonyl (C=O) groups is 2. The Balaban J connectivity index is 1.79. The summed E-state index contributed by atoms with van der Waals surface area (Å²) in [6.45, 7) is 0. The number of aromatic carboxylic acids is 1. The first-order chi connectivity index (χ1) is 11.6. The molecule has 0 atom stereocenters. The number of nitrogens with zero attached hydrogens (tertiary/aromatic N) is 1. The molecule has 0 aliphatic heterocycles. The number of hydrogen-bond donors (Lipinski definition) is 2. The molecule has 0 bridgehead atoms. The molecule has 0 saturated carbocycles. The van der Waals surface area contributed by atoms with Crippen LogP contribution < -0.4 is 5.43 Å². The van der Waals surface area contributed by atoms with E-state index < -0.39 is 5.97 Å². The zero-order valence-electron chi connectivity index (χ0n) is 12.6. The molecular formula is C17H15ClN2O3S. The molecule has 1 amide bonds. The summed E-state index contributed by atoms with van der Waals surface area (Å²) in [5, 5.41) is 13.5. The topological polar surface area (TPSA) is 78.8 Å². The Hall–Kier alpha value is -2.31. The Morgan fingerprint density at radius 3 is 2.58 bits per heavy atom. The summed E-state index contributed by atoms with van der Waals surface area (Å²) in [4.78, 5) is 23.8. The standard InChI is InChI=1S/C17H15ClN2O3S/c18-13-5-7-14(8-6-13)24-10-9-16(21)20-19-11-12-3-1-2-4-15(12)17(22)23/h1-8,11H,9-10H2,(H,20,21)(H,22,23)/b19-11-. The van der Waals surface area contributed by atoms with Crippen LogP contribution in [0.25, 0.3) is 0 Å². The van der Waals surface area contributed by atoms with Gasteiger partial charge in [-0.2, -0.15) is 5.10 Å². The number of carboxylic acids is 1. The van der Waals surface area contributed by atoms with Crippen LogP contribution in [0.2, 0.25) is 5.02 Å². The van der Waals surface area contributed by atoms with Gasteiger partial charge in [0.2, 0.25) is 5.91 Å². The number of rotatable bonds is 7. The zero-order chi connectivity index (χ0) is 17.4. The Morgan fingerprint density at radius 2 is 1.88 bits per heavy atom. The lowest BCUT2D eigenvalue weighted by atomic mass is 10.1. The summed E-state index contributed by atoms with van der Waals surface area (Å²) in [7, 11) is 0. The SMILES string of the molecule is O=C(CCSc1ccc(Cl)cc1)N/N=C\c1ccccc1C(=O)O. The van der Waals surface area contributed by atoms with Crippen molar-refractivity contribution >= 4 is 41.5 Å². The van der Waals surface area contributed by atoms with Crippen molar-refractivity contribution in [2.45, 2.75) is 11.3 Å². The van der Waals surface area contributed by atoms with E-state index in [0.29, 0.717) is 22.8 Å². The van der Waals surface area contributed by atoms with E-state index in [9.17, 15) is 9.59 Å². The molecule has 0 aromatic heterocycles. The van der Waals surface area contributed by atoms with Gasteiger partial charge in [-0.15, -0.1) is 11.8 Å². The van der Waals surface area contributed by atoms with E-state index in [1.54, 1.807) is 42.1 Å². The number of nitrogens with one attached hydrogen (secondary N) is 1. The van der Waals surface area contributed by atoms with E-state index in [2.05, 4.69) is 10.5 Å². The minimum absolute atomic E-state index is 0.133. The fraction of sp³-hybridized carbons (Fsp3) is 0.118. The highest BCUT2D eigenvalue weighted by Crippen LogP contribution is 2.20. The number of benzene rings is 2. The van der Waals surface area contributed by atoms with Gasteiger partial charge in [-0.25, -0.2) is 10.2 Å². The number of carbonyl (C=O) groups excluding carboxylic acids is 1. The van der Waals surface area contributed by atoms with Crippen LogP contribution in [-0.2, 0) is 4.79 Å². The third kappa shape index (κ3) is 5.72. The third-order valence-electron chi connectivity index (χ3n) is 3.00. The predicted octanol–water partition coefficient (Wildman–Crippen LogP) is 3.67. The summed E-state index contributed by atoms with van der Waals surface area (Å²) < 4.78 is 0. The second-order valence-corrected chi connectivity index (χ2v) is 6.34. The van der Waals surface area contributed by atoms with Crippen molar-refractivity contribution in [3.63, 3.8) is 0 Å². The highest BCUT2D eigenvalue weighted by Gasteiger charge is 2.07. The van der Waals surface area contributed by atoms with Crippen LogP contribution in [0.4, 0.5) is 0 Å². The van der Waals surface area contributed by atoms with Crippen molar-refractivity contribution in [3.8, 4) is 0 Å². The minimum atomic E-state index is -1.04. The van der Waals surface area contributed by atoms with Gasteiger partial charge in [-0.1, -0.05) is 29.8 Å². The van der Waals surface area contributed by atoms with Crippen molar-refractivity contribution in [1.29, 1.82) is 0 Å². The van der Waals surface area contributed by atoms with Gasteiger partial charge in [0.15, 0.2) is 0 Å². The monoisotopic (exact) mass is 362 g/mol. The molecule has 0 spiro atoms. The van der Waals surface area contributed by atoms with E-state index >= 15 is 0 Å². The third-order valence-corrected chi connectivity index (χ3v) is 4.26. The van der Waals surface area contributed by atoms with Gasteiger partial charge in [0.05, 0.1) is 11.8 Å². The second kappa shape index (κ2) is 9.10. The van der Waals surface area contributed by atoms with Gasteiger partial charge in [0, 0.05) is 27.7 Å². The lowest BCUT2D eigenvalue weighted by Gasteiger charge is -2.02.